The lowest BCUT2D eigenvalue weighted by Crippen LogP contribution is -2.50. The van der Waals surface area contributed by atoms with Crippen molar-refractivity contribution in [1.82, 2.24) is 9.88 Å². The van der Waals surface area contributed by atoms with Crippen LogP contribution in [0.1, 0.15) is 60.1 Å². The lowest BCUT2D eigenvalue weighted by molar-refractivity contribution is -0.126. The van der Waals surface area contributed by atoms with Crippen molar-refractivity contribution in [3.8, 4) is 0 Å². The van der Waals surface area contributed by atoms with Gasteiger partial charge in [-0.25, -0.2) is 0 Å². The molecule has 0 saturated carbocycles. The molecular weight excluding hydrogens is 286 g/mol. The van der Waals surface area contributed by atoms with E-state index >= 15 is 0 Å². The summed E-state index contributed by atoms with van der Waals surface area (Å²) in [5.74, 6) is -0.117. The van der Waals surface area contributed by atoms with Crippen LogP contribution in [0.15, 0.2) is 24.4 Å². The Hall–Kier alpha value is -1.42. The highest BCUT2D eigenvalue weighted by Crippen LogP contribution is 2.37. The summed E-state index contributed by atoms with van der Waals surface area (Å²) in [7, 11) is 0. The highest BCUT2D eigenvalue weighted by atomic mass is 16.1. The number of pyridine rings is 1. The van der Waals surface area contributed by atoms with Gasteiger partial charge in [0.05, 0.1) is 11.1 Å². The van der Waals surface area contributed by atoms with E-state index in [1.807, 2.05) is 18.2 Å². The average Bonchev–Trinajstić information content (AvgIpc) is 2.50. The zero-order chi connectivity index (χ0) is 17.6. The Morgan fingerprint density at radius 2 is 1.83 bits per heavy atom. The molecule has 1 rings (SSSR count). The molecule has 0 saturated heterocycles. The number of aromatic nitrogens is 1. The highest BCUT2D eigenvalue weighted by molar-refractivity contribution is 5.86. The predicted molar refractivity (Wildman–Crippen MR) is 96.2 cm³/mol. The number of carbonyl (C=O) groups excluding carboxylic acids is 1. The van der Waals surface area contributed by atoms with E-state index in [1.54, 1.807) is 6.20 Å². The van der Waals surface area contributed by atoms with Gasteiger partial charge in [-0.15, -0.1) is 0 Å². The minimum absolute atomic E-state index is 0.149. The van der Waals surface area contributed by atoms with Crippen LogP contribution in [0, 0.1) is 5.92 Å². The molecule has 1 aromatic rings. The average molecular weight is 319 g/mol. The Kier molecular flexibility index (Phi) is 7.20. The third-order valence-corrected chi connectivity index (χ3v) is 5.11. The molecule has 4 heteroatoms. The second kappa shape index (κ2) is 8.44. The summed E-state index contributed by atoms with van der Waals surface area (Å²) < 4.78 is 0. The summed E-state index contributed by atoms with van der Waals surface area (Å²) in [4.78, 5) is 19.4. The van der Waals surface area contributed by atoms with Crippen molar-refractivity contribution < 1.29 is 4.79 Å². The minimum Gasteiger partial charge on any atom is -0.369 e. The van der Waals surface area contributed by atoms with Gasteiger partial charge < -0.3 is 5.73 Å². The normalized spacial score (nSPS) is 15.9. The number of primary amides is 1. The van der Waals surface area contributed by atoms with Crippen molar-refractivity contribution in [1.29, 1.82) is 0 Å². The van der Waals surface area contributed by atoms with Crippen molar-refractivity contribution in [2.45, 2.75) is 71.9 Å². The van der Waals surface area contributed by atoms with Crippen molar-refractivity contribution in [2.24, 2.45) is 11.7 Å². The largest absolute Gasteiger partial charge is 0.369 e. The molecule has 0 aliphatic rings. The van der Waals surface area contributed by atoms with Crippen LogP contribution in [0.5, 0.6) is 0 Å². The van der Waals surface area contributed by atoms with Gasteiger partial charge in [0.2, 0.25) is 5.91 Å². The molecule has 2 N–H and O–H groups in total. The summed E-state index contributed by atoms with van der Waals surface area (Å²) in [5.41, 5.74) is 6.01. The van der Waals surface area contributed by atoms with Crippen LogP contribution >= 0.6 is 0 Å². The van der Waals surface area contributed by atoms with Crippen LogP contribution in [0.3, 0.4) is 0 Å². The van der Waals surface area contributed by atoms with Crippen LogP contribution in [0.2, 0.25) is 0 Å². The maximum Gasteiger partial charge on any atom is 0.230 e. The molecule has 0 fully saturated rings. The minimum atomic E-state index is -0.710. The molecule has 0 aliphatic carbocycles. The van der Waals surface area contributed by atoms with E-state index in [0.29, 0.717) is 18.5 Å². The standard InChI is InChI=1S/C19H33N3O/c1-7-16(6)19(18(20)23,17-10-8-9-12-21-17)11-13-22(14(2)3)15(4)5/h8-10,12,14-16H,7,11,13H2,1-6H3,(H2,20,23)/t16-,19-/m1/s1. The SMILES string of the molecule is CC[C@@H](C)[C@@](CCN(C(C)C)C(C)C)(C(N)=O)c1ccccn1. The molecule has 1 amide bonds. The first-order valence-electron chi connectivity index (χ1n) is 8.74. The fourth-order valence-electron chi connectivity index (χ4n) is 3.51. The van der Waals surface area contributed by atoms with Gasteiger partial charge in [-0.05, 0) is 52.2 Å². The predicted octanol–water partition coefficient (Wildman–Crippen LogP) is 3.36. The first-order chi connectivity index (χ1) is 10.8. The second-order valence-electron chi connectivity index (χ2n) is 7.04. The summed E-state index contributed by atoms with van der Waals surface area (Å²) in [5, 5.41) is 0. The third-order valence-electron chi connectivity index (χ3n) is 5.11. The molecule has 0 aromatic carbocycles. The van der Waals surface area contributed by atoms with Gasteiger partial charge in [0, 0.05) is 24.8 Å². The molecule has 1 heterocycles. The molecule has 0 aliphatic heterocycles. The van der Waals surface area contributed by atoms with Gasteiger partial charge in [0.1, 0.15) is 0 Å². The number of hydrogen-bond donors (Lipinski definition) is 1. The van der Waals surface area contributed by atoms with E-state index in [9.17, 15) is 4.79 Å². The van der Waals surface area contributed by atoms with E-state index in [0.717, 1.165) is 18.7 Å². The van der Waals surface area contributed by atoms with Crippen molar-refractivity contribution in [3.05, 3.63) is 30.1 Å². The topological polar surface area (TPSA) is 59.2 Å². The van der Waals surface area contributed by atoms with E-state index < -0.39 is 5.41 Å². The number of hydrogen-bond acceptors (Lipinski definition) is 3. The van der Waals surface area contributed by atoms with Gasteiger partial charge in [0.25, 0.3) is 0 Å². The van der Waals surface area contributed by atoms with E-state index in [1.165, 1.54) is 0 Å². The monoisotopic (exact) mass is 319 g/mol. The van der Waals surface area contributed by atoms with Crippen LogP contribution < -0.4 is 5.73 Å². The molecule has 0 spiro atoms. The quantitative estimate of drug-likeness (QED) is 0.759. The van der Waals surface area contributed by atoms with Gasteiger partial charge in [-0.1, -0.05) is 26.3 Å². The molecular formula is C19H33N3O. The Morgan fingerprint density at radius 1 is 1.22 bits per heavy atom. The molecule has 0 bridgehead atoms. The third kappa shape index (κ3) is 4.31. The molecule has 2 atom stereocenters. The molecule has 0 radical (unpaired) electrons. The molecule has 4 nitrogen and oxygen atoms in total. The maximum absolute atomic E-state index is 12.5. The molecule has 130 valence electrons. The second-order valence-corrected chi connectivity index (χ2v) is 7.04. The molecule has 23 heavy (non-hydrogen) atoms. The Morgan fingerprint density at radius 3 is 2.22 bits per heavy atom. The van der Waals surface area contributed by atoms with Gasteiger partial charge >= 0.3 is 0 Å². The summed E-state index contributed by atoms with van der Waals surface area (Å²) in [6.45, 7) is 13.8. The van der Waals surface area contributed by atoms with E-state index in [4.69, 9.17) is 5.73 Å². The Labute approximate surface area is 141 Å². The van der Waals surface area contributed by atoms with Gasteiger partial charge in [-0.2, -0.15) is 0 Å². The first kappa shape index (κ1) is 19.6. The lowest BCUT2D eigenvalue weighted by Gasteiger charge is -2.39. The van der Waals surface area contributed by atoms with Crippen LogP contribution in [0.25, 0.3) is 0 Å². The number of carbonyl (C=O) groups is 1. The number of nitrogens with zero attached hydrogens (tertiary/aromatic N) is 2. The van der Waals surface area contributed by atoms with Crippen molar-refractivity contribution in [2.75, 3.05) is 6.54 Å². The molecule has 1 aromatic heterocycles. The summed E-state index contributed by atoms with van der Waals surface area (Å²) in [6, 6.07) is 6.61. The summed E-state index contributed by atoms with van der Waals surface area (Å²) >= 11 is 0. The lowest BCUT2D eigenvalue weighted by atomic mass is 9.69. The maximum atomic E-state index is 12.5. The first-order valence-corrected chi connectivity index (χ1v) is 8.74. The number of amides is 1. The summed E-state index contributed by atoms with van der Waals surface area (Å²) in [6.07, 6.45) is 3.34. The smallest absolute Gasteiger partial charge is 0.230 e. The zero-order valence-corrected chi connectivity index (χ0v) is 15.5. The van der Waals surface area contributed by atoms with E-state index in [2.05, 4.69) is 51.4 Å². The number of nitrogens with two attached hydrogens (primary N) is 1. The van der Waals surface area contributed by atoms with Crippen LogP contribution in [-0.2, 0) is 10.2 Å². The van der Waals surface area contributed by atoms with Crippen LogP contribution in [0.4, 0.5) is 0 Å². The van der Waals surface area contributed by atoms with Crippen molar-refractivity contribution in [3.63, 3.8) is 0 Å². The van der Waals surface area contributed by atoms with Crippen molar-refractivity contribution >= 4 is 5.91 Å². The number of rotatable bonds is 9. The van der Waals surface area contributed by atoms with E-state index in [-0.39, 0.29) is 11.8 Å². The fourth-order valence-corrected chi connectivity index (χ4v) is 3.51. The van der Waals surface area contributed by atoms with Gasteiger partial charge in [-0.3, -0.25) is 14.7 Å². The Bertz CT molecular complexity index is 479. The zero-order valence-electron chi connectivity index (χ0n) is 15.5. The Balaban J connectivity index is 3.21. The van der Waals surface area contributed by atoms with Gasteiger partial charge in [0.15, 0.2) is 0 Å². The van der Waals surface area contributed by atoms with Crippen LogP contribution in [-0.4, -0.2) is 34.4 Å². The highest BCUT2D eigenvalue weighted by Gasteiger charge is 2.44. The molecule has 0 unspecified atom stereocenters. The fraction of sp³-hybridized carbons (Fsp3) is 0.684.